The number of carbonyl (C=O) groups is 2. The summed E-state index contributed by atoms with van der Waals surface area (Å²) in [4.78, 5) is 34.9. The Kier molecular flexibility index (Phi) is 34.8. The number of nitrogens with two attached hydrogens (primary N) is 1. The van der Waals surface area contributed by atoms with Crippen LogP contribution in [-0.4, -0.2) is 61.5 Å². The van der Waals surface area contributed by atoms with Gasteiger partial charge in [-0.3, -0.25) is 18.6 Å². The second-order valence-electron chi connectivity index (χ2n) is 14.2. The number of allylic oxidation sites excluding steroid dienone is 14. The highest BCUT2D eigenvalue weighted by Crippen LogP contribution is 2.43. The zero-order chi connectivity index (χ0) is 42.2. The number of rotatable bonds is 38. The second-order valence-corrected chi connectivity index (χ2v) is 15.7. The summed E-state index contributed by atoms with van der Waals surface area (Å²) in [5.41, 5.74) is 5.34. The van der Waals surface area contributed by atoms with Crippen LogP contribution in [0.1, 0.15) is 142 Å². The molecule has 58 heavy (non-hydrogen) atoms. The molecule has 4 atom stereocenters. The van der Waals surface area contributed by atoms with Gasteiger partial charge in [0.25, 0.3) is 0 Å². The van der Waals surface area contributed by atoms with Crippen molar-refractivity contribution in [2.75, 3.05) is 26.4 Å². The number of carbonyl (C=O) groups excluding carboxylic acids is 2. The molecule has 0 aliphatic carbocycles. The van der Waals surface area contributed by atoms with Crippen molar-refractivity contribution < 1.29 is 42.3 Å². The van der Waals surface area contributed by atoms with Gasteiger partial charge in [0.15, 0.2) is 6.10 Å². The van der Waals surface area contributed by atoms with E-state index in [1.165, 1.54) is 25.7 Å². The quantitative estimate of drug-likeness (QED) is 0.0203. The van der Waals surface area contributed by atoms with Crippen molar-refractivity contribution in [3.63, 3.8) is 0 Å². The van der Waals surface area contributed by atoms with E-state index in [9.17, 15) is 19.0 Å². The minimum absolute atomic E-state index is 0.0312. The molecule has 328 valence electrons. The lowest BCUT2D eigenvalue weighted by Crippen LogP contribution is -2.29. The van der Waals surface area contributed by atoms with E-state index in [0.717, 1.165) is 77.0 Å². The van der Waals surface area contributed by atoms with E-state index in [1.54, 1.807) is 0 Å². The average molecular weight is 830 g/mol. The first-order chi connectivity index (χ1) is 28.3. The normalized spacial score (nSPS) is 17.7. The molecule has 3 N–H and O–H groups in total. The molecule has 1 aliphatic heterocycles. The van der Waals surface area contributed by atoms with Crippen molar-refractivity contribution in [2.24, 2.45) is 5.73 Å². The van der Waals surface area contributed by atoms with Gasteiger partial charge in [-0.1, -0.05) is 137 Å². The maximum absolute atomic E-state index is 12.6. The van der Waals surface area contributed by atoms with Crippen LogP contribution < -0.4 is 5.73 Å². The third-order valence-corrected chi connectivity index (χ3v) is 9.85. The molecule has 0 spiro atoms. The van der Waals surface area contributed by atoms with Gasteiger partial charge in [-0.25, -0.2) is 4.57 Å². The molecule has 0 aromatic rings. The number of epoxide rings is 1. The molecule has 1 aliphatic rings. The standard InChI is InChI=1S/C47H76NO9P/c1-3-5-7-8-9-10-11-12-13-14-15-16-20-23-26-29-33-37-46(49)53-41-43(42-55-58(51,52)54-40-39-48)56-47(50)38-34-30-27-24-21-18-17-19-22-25-28-32-36-45-44(57-45)35-31-6-4-2/h6,9-10,12-13,15-16,18-19,21-22,27-28,30-32,43-45H,3-5,7-8,11,14,17,20,23-26,29,33-42,48H2,1-2H3,(H,51,52)/b10-9-,13-12-,16-15-,21-18-,22-19-,30-27-,31-6-,32-28-/t43-,44?,45?/m1/s1. The largest absolute Gasteiger partial charge is 0.472 e. The van der Waals surface area contributed by atoms with Crippen molar-refractivity contribution in [3.05, 3.63) is 97.2 Å². The van der Waals surface area contributed by atoms with Gasteiger partial charge in [0.05, 0.1) is 25.4 Å². The number of phosphoric ester groups is 1. The lowest BCUT2D eigenvalue weighted by molar-refractivity contribution is -0.161. The molecule has 1 saturated heterocycles. The topological polar surface area (TPSA) is 147 Å². The molecule has 0 aromatic heterocycles. The number of hydrogen-bond acceptors (Lipinski definition) is 9. The molecular weight excluding hydrogens is 753 g/mol. The lowest BCUT2D eigenvalue weighted by atomic mass is 10.1. The Labute approximate surface area is 351 Å². The van der Waals surface area contributed by atoms with Crippen LogP contribution in [0.25, 0.3) is 0 Å². The maximum Gasteiger partial charge on any atom is 0.472 e. The fraction of sp³-hybridized carbons (Fsp3) is 0.617. The molecule has 3 unspecified atom stereocenters. The summed E-state index contributed by atoms with van der Waals surface area (Å²) in [6.07, 6.45) is 52.0. The highest BCUT2D eigenvalue weighted by Gasteiger charge is 2.36. The van der Waals surface area contributed by atoms with Crippen molar-refractivity contribution >= 4 is 19.8 Å². The molecule has 0 bridgehead atoms. The van der Waals surface area contributed by atoms with Crippen molar-refractivity contribution in [1.82, 2.24) is 0 Å². The van der Waals surface area contributed by atoms with Crippen LogP contribution in [0.15, 0.2) is 97.2 Å². The number of hydrogen-bond donors (Lipinski definition) is 2. The van der Waals surface area contributed by atoms with E-state index < -0.39 is 32.5 Å². The fourth-order valence-corrected chi connectivity index (χ4v) is 6.30. The smallest absolute Gasteiger partial charge is 0.462 e. The number of esters is 2. The third-order valence-electron chi connectivity index (χ3n) is 8.87. The molecule has 1 fully saturated rings. The summed E-state index contributed by atoms with van der Waals surface area (Å²) < 4.78 is 38.3. The van der Waals surface area contributed by atoms with Gasteiger partial charge in [0.2, 0.25) is 0 Å². The molecule has 0 saturated carbocycles. The molecule has 1 heterocycles. The molecule has 11 heteroatoms. The van der Waals surface area contributed by atoms with E-state index in [0.29, 0.717) is 25.0 Å². The summed E-state index contributed by atoms with van der Waals surface area (Å²) >= 11 is 0. The van der Waals surface area contributed by atoms with Crippen molar-refractivity contribution in [2.45, 2.75) is 161 Å². The maximum atomic E-state index is 12.6. The van der Waals surface area contributed by atoms with E-state index in [4.69, 9.17) is 29.0 Å². The predicted octanol–water partition coefficient (Wildman–Crippen LogP) is 11.6. The highest BCUT2D eigenvalue weighted by molar-refractivity contribution is 7.47. The van der Waals surface area contributed by atoms with Gasteiger partial charge in [-0.2, -0.15) is 0 Å². The van der Waals surface area contributed by atoms with Crippen molar-refractivity contribution in [1.29, 1.82) is 0 Å². The summed E-state index contributed by atoms with van der Waals surface area (Å²) in [5.74, 6) is -0.967. The first kappa shape index (κ1) is 52.9. The van der Waals surface area contributed by atoms with E-state index in [-0.39, 0.29) is 32.6 Å². The number of unbranched alkanes of at least 4 members (excludes halogenated alkanes) is 7. The number of phosphoric acid groups is 1. The Bertz CT molecular complexity index is 1330. The minimum Gasteiger partial charge on any atom is -0.462 e. The van der Waals surface area contributed by atoms with E-state index >= 15 is 0 Å². The monoisotopic (exact) mass is 830 g/mol. The highest BCUT2D eigenvalue weighted by atomic mass is 31.2. The Morgan fingerprint density at radius 2 is 1.14 bits per heavy atom. The molecule has 0 aromatic carbocycles. The molecule has 1 rings (SSSR count). The molecular formula is C47H76NO9P. The Morgan fingerprint density at radius 3 is 1.71 bits per heavy atom. The van der Waals surface area contributed by atoms with E-state index in [2.05, 4.69) is 98.9 Å². The van der Waals surface area contributed by atoms with Gasteiger partial charge in [0, 0.05) is 19.4 Å². The first-order valence-corrected chi connectivity index (χ1v) is 23.3. The van der Waals surface area contributed by atoms with Gasteiger partial charge < -0.3 is 24.8 Å². The van der Waals surface area contributed by atoms with Crippen LogP contribution in [0, 0.1) is 0 Å². The van der Waals surface area contributed by atoms with Crippen LogP contribution in [-0.2, 0) is 37.4 Å². The summed E-state index contributed by atoms with van der Waals surface area (Å²) in [6.45, 7) is 3.44. The first-order valence-electron chi connectivity index (χ1n) is 21.8. The second kappa shape index (κ2) is 38.1. The zero-order valence-electron chi connectivity index (χ0n) is 35.7. The van der Waals surface area contributed by atoms with Gasteiger partial charge in [-0.15, -0.1) is 0 Å². The van der Waals surface area contributed by atoms with Crippen molar-refractivity contribution in [3.8, 4) is 0 Å². The summed E-state index contributed by atoms with van der Waals surface area (Å²) in [6, 6.07) is 0. The molecule has 10 nitrogen and oxygen atoms in total. The van der Waals surface area contributed by atoms with Crippen LogP contribution in [0.4, 0.5) is 0 Å². The van der Waals surface area contributed by atoms with Crippen LogP contribution in [0.2, 0.25) is 0 Å². The van der Waals surface area contributed by atoms with Gasteiger partial charge >= 0.3 is 19.8 Å². The van der Waals surface area contributed by atoms with Crippen LogP contribution >= 0.6 is 7.82 Å². The predicted molar refractivity (Wildman–Crippen MR) is 237 cm³/mol. The number of ether oxygens (including phenoxy) is 3. The van der Waals surface area contributed by atoms with Crippen LogP contribution in [0.3, 0.4) is 0 Å². The average Bonchev–Trinajstić information content (AvgIpc) is 3.97. The zero-order valence-corrected chi connectivity index (χ0v) is 36.6. The Morgan fingerprint density at radius 1 is 0.621 bits per heavy atom. The SMILES string of the molecule is CC/C=C\CC1OC1C/C=C\C/C=C\C/C=C\C/C=C\CCC(=O)O[C@H](COC(=O)CCCCCC/C=C\C/C=C\C/C=C\CCCCC)COP(=O)(O)OCCN. The summed E-state index contributed by atoms with van der Waals surface area (Å²) in [5, 5.41) is 0. The lowest BCUT2D eigenvalue weighted by Gasteiger charge is -2.19. The van der Waals surface area contributed by atoms with E-state index in [1.807, 2.05) is 12.2 Å². The summed E-state index contributed by atoms with van der Waals surface area (Å²) in [7, 11) is -4.41. The molecule has 0 amide bonds. The fourth-order valence-electron chi connectivity index (χ4n) is 5.53. The van der Waals surface area contributed by atoms with Gasteiger partial charge in [0.1, 0.15) is 6.61 Å². The van der Waals surface area contributed by atoms with Gasteiger partial charge in [-0.05, 0) is 89.9 Å². The third kappa shape index (κ3) is 34.9. The molecule has 0 radical (unpaired) electrons. The minimum atomic E-state index is -4.41. The Balaban J connectivity index is 2.26. The van der Waals surface area contributed by atoms with Crippen LogP contribution in [0.5, 0.6) is 0 Å². The Hall–Kier alpha value is -3.11.